The van der Waals surface area contributed by atoms with Crippen LogP contribution in [0.2, 0.25) is 0 Å². The Morgan fingerprint density at radius 3 is 2.29 bits per heavy atom. The summed E-state index contributed by atoms with van der Waals surface area (Å²) in [5.41, 5.74) is -0.306. The van der Waals surface area contributed by atoms with Gasteiger partial charge in [0.25, 0.3) is 0 Å². The Hall–Kier alpha value is -0.530. The van der Waals surface area contributed by atoms with E-state index in [2.05, 4.69) is 20.8 Å². The zero-order valence-electron chi connectivity index (χ0n) is 12.1. The summed E-state index contributed by atoms with van der Waals surface area (Å²) >= 11 is 0. The number of rotatable bonds is 5. The molecule has 0 N–H and O–H groups in total. The van der Waals surface area contributed by atoms with Crippen molar-refractivity contribution in [3.05, 3.63) is 0 Å². The molecule has 1 aliphatic carbocycles. The fourth-order valence-corrected chi connectivity index (χ4v) is 2.73. The molecule has 3 atom stereocenters. The highest BCUT2D eigenvalue weighted by Gasteiger charge is 2.39. The van der Waals surface area contributed by atoms with Crippen LogP contribution in [0, 0.1) is 17.8 Å². The van der Waals surface area contributed by atoms with E-state index >= 15 is 0 Å². The van der Waals surface area contributed by atoms with Crippen LogP contribution in [0.5, 0.6) is 0 Å². The van der Waals surface area contributed by atoms with Crippen molar-refractivity contribution in [3.63, 3.8) is 0 Å². The fraction of sp³-hybridized carbons (Fsp3) is 0.933. The first kappa shape index (κ1) is 14.5. The lowest BCUT2D eigenvalue weighted by atomic mass is 9.93. The molecule has 0 bridgehead atoms. The van der Waals surface area contributed by atoms with Gasteiger partial charge in [0.2, 0.25) is 0 Å². The molecule has 0 spiro atoms. The van der Waals surface area contributed by atoms with Gasteiger partial charge in [-0.25, -0.2) is 0 Å². The molecule has 1 rings (SSSR count). The molecule has 0 aromatic rings. The summed E-state index contributed by atoms with van der Waals surface area (Å²) in [6, 6.07) is 0. The number of hydrogen-bond acceptors (Lipinski definition) is 2. The molecular formula is C15H28O2. The quantitative estimate of drug-likeness (QED) is 0.674. The minimum atomic E-state index is -0.306. The van der Waals surface area contributed by atoms with Gasteiger partial charge in [0.05, 0.1) is 5.92 Å². The maximum Gasteiger partial charge on any atom is 0.309 e. The number of esters is 1. The Kier molecular flexibility index (Phi) is 5.03. The molecular weight excluding hydrogens is 212 g/mol. The minimum absolute atomic E-state index is 0.0413. The van der Waals surface area contributed by atoms with Gasteiger partial charge >= 0.3 is 5.97 Å². The van der Waals surface area contributed by atoms with Gasteiger partial charge in [0, 0.05) is 0 Å². The van der Waals surface area contributed by atoms with Crippen molar-refractivity contribution >= 4 is 5.97 Å². The second-order valence-electron chi connectivity index (χ2n) is 6.05. The minimum Gasteiger partial charge on any atom is -0.459 e. The van der Waals surface area contributed by atoms with Crippen molar-refractivity contribution < 1.29 is 9.53 Å². The highest BCUT2D eigenvalue weighted by molar-refractivity contribution is 5.73. The summed E-state index contributed by atoms with van der Waals surface area (Å²) in [6.07, 6.45) is 5.41. The Morgan fingerprint density at radius 2 is 1.82 bits per heavy atom. The van der Waals surface area contributed by atoms with Crippen molar-refractivity contribution in [3.8, 4) is 0 Å². The van der Waals surface area contributed by atoms with Crippen molar-refractivity contribution in [1.29, 1.82) is 0 Å². The summed E-state index contributed by atoms with van der Waals surface area (Å²) in [5.74, 6) is 1.46. The Morgan fingerprint density at radius 1 is 1.18 bits per heavy atom. The summed E-state index contributed by atoms with van der Waals surface area (Å²) in [6.45, 7) is 10.5. The Labute approximate surface area is 106 Å². The molecule has 100 valence electrons. The number of carbonyl (C=O) groups excluding carboxylic acids is 1. The van der Waals surface area contributed by atoms with Gasteiger partial charge in [-0.05, 0) is 44.9 Å². The molecule has 1 aliphatic rings. The first-order valence-electron chi connectivity index (χ1n) is 7.16. The van der Waals surface area contributed by atoms with Crippen molar-refractivity contribution in [2.24, 2.45) is 17.8 Å². The first-order valence-corrected chi connectivity index (χ1v) is 7.16. The summed E-state index contributed by atoms with van der Waals surface area (Å²) in [7, 11) is 0. The third-order valence-electron chi connectivity index (χ3n) is 4.43. The van der Waals surface area contributed by atoms with E-state index in [0.29, 0.717) is 5.92 Å². The Balaban J connectivity index is 2.62. The predicted octanol–water partition coefficient (Wildman–Crippen LogP) is 4.18. The zero-order chi connectivity index (χ0) is 13.1. The van der Waals surface area contributed by atoms with Crippen molar-refractivity contribution in [2.75, 3.05) is 0 Å². The standard InChI is InChI=1S/C15H28O2/c1-6-11-9-12(7-2)13(10-11)14(16)17-15(4,5)8-3/h11-13H,6-10H2,1-5H3. The highest BCUT2D eigenvalue weighted by Crippen LogP contribution is 2.41. The van der Waals surface area contributed by atoms with Crippen LogP contribution in [0.3, 0.4) is 0 Å². The van der Waals surface area contributed by atoms with Gasteiger partial charge in [0.1, 0.15) is 5.60 Å². The molecule has 2 heteroatoms. The van der Waals surface area contributed by atoms with Crippen LogP contribution in [0.25, 0.3) is 0 Å². The highest BCUT2D eigenvalue weighted by atomic mass is 16.6. The SMILES string of the molecule is CCC1CC(CC)C(C(=O)OC(C)(C)CC)C1. The summed E-state index contributed by atoms with van der Waals surface area (Å²) in [4.78, 5) is 12.2. The average Bonchev–Trinajstić information content (AvgIpc) is 2.71. The van der Waals surface area contributed by atoms with E-state index in [0.717, 1.165) is 25.2 Å². The third kappa shape index (κ3) is 3.72. The lowest BCUT2D eigenvalue weighted by Gasteiger charge is -2.27. The van der Waals surface area contributed by atoms with Gasteiger partial charge in [-0.2, -0.15) is 0 Å². The molecule has 3 unspecified atom stereocenters. The third-order valence-corrected chi connectivity index (χ3v) is 4.43. The second kappa shape index (κ2) is 5.88. The molecule has 0 radical (unpaired) electrons. The second-order valence-corrected chi connectivity index (χ2v) is 6.05. The molecule has 0 aromatic carbocycles. The molecule has 0 aromatic heterocycles. The van der Waals surface area contributed by atoms with E-state index in [4.69, 9.17) is 4.74 Å². The summed E-state index contributed by atoms with van der Waals surface area (Å²) in [5, 5.41) is 0. The van der Waals surface area contributed by atoms with Crippen LogP contribution in [0.15, 0.2) is 0 Å². The zero-order valence-corrected chi connectivity index (χ0v) is 12.1. The van der Waals surface area contributed by atoms with E-state index in [9.17, 15) is 4.79 Å². The van der Waals surface area contributed by atoms with Crippen LogP contribution in [-0.4, -0.2) is 11.6 Å². The summed E-state index contributed by atoms with van der Waals surface area (Å²) < 4.78 is 5.66. The van der Waals surface area contributed by atoms with E-state index < -0.39 is 0 Å². The molecule has 17 heavy (non-hydrogen) atoms. The van der Waals surface area contributed by atoms with Crippen molar-refractivity contribution in [1.82, 2.24) is 0 Å². The van der Waals surface area contributed by atoms with Crippen LogP contribution in [0.4, 0.5) is 0 Å². The first-order chi connectivity index (χ1) is 7.93. The monoisotopic (exact) mass is 240 g/mol. The molecule has 1 fully saturated rings. The van der Waals surface area contributed by atoms with Crippen LogP contribution >= 0.6 is 0 Å². The van der Waals surface area contributed by atoms with Gasteiger partial charge in [-0.1, -0.05) is 33.6 Å². The topological polar surface area (TPSA) is 26.3 Å². The van der Waals surface area contributed by atoms with Crippen LogP contribution < -0.4 is 0 Å². The van der Waals surface area contributed by atoms with Gasteiger partial charge in [-0.3, -0.25) is 4.79 Å². The van der Waals surface area contributed by atoms with E-state index in [1.54, 1.807) is 0 Å². The van der Waals surface area contributed by atoms with Crippen LogP contribution in [0.1, 0.15) is 66.7 Å². The van der Waals surface area contributed by atoms with Gasteiger partial charge in [-0.15, -0.1) is 0 Å². The van der Waals surface area contributed by atoms with Crippen LogP contribution in [-0.2, 0) is 9.53 Å². The molecule has 1 saturated carbocycles. The normalized spacial score (nSPS) is 29.4. The Bertz CT molecular complexity index is 258. The number of ether oxygens (including phenoxy) is 1. The average molecular weight is 240 g/mol. The lowest BCUT2D eigenvalue weighted by Crippen LogP contribution is -2.32. The van der Waals surface area contributed by atoms with Crippen molar-refractivity contribution in [2.45, 2.75) is 72.3 Å². The fourth-order valence-electron chi connectivity index (χ4n) is 2.73. The predicted molar refractivity (Wildman–Crippen MR) is 70.7 cm³/mol. The van der Waals surface area contributed by atoms with E-state index in [1.165, 1.54) is 12.8 Å². The van der Waals surface area contributed by atoms with Gasteiger partial charge in [0.15, 0.2) is 0 Å². The lowest BCUT2D eigenvalue weighted by molar-refractivity contribution is -0.163. The molecule has 0 heterocycles. The maximum atomic E-state index is 12.2. The van der Waals surface area contributed by atoms with E-state index in [-0.39, 0.29) is 17.5 Å². The molecule has 2 nitrogen and oxygen atoms in total. The molecule has 0 amide bonds. The molecule has 0 saturated heterocycles. The largest absolute Gasteiger partial charge is 0.459 e. The number of carbonyl (C=O) groups is 1. The smallest absolute Gasteiger partial charge is 0.309 e. The maximum absolute atomic E-state index is 12.2. The van der Waals surface area contributed by atoms with Gasteiger partial charge < -0.3 is 4.74 Å². The van der Waals surface area contributed by atoms with E-state index in [1.807, 2.05) is 13.8 Å². The molecule has 0 aliphatic heterocycles. The number of hydrogen-bond donors (Lipinski definition) is 0.